The Morgan fingerprint density at radius 2 is 1.76 bits per heavy atom. The van der Waals surface area contributed by atoms with E-state index in [0.29, 0.717) is 22.9 Å². The molecule has 0 spiro atoms. The lowest BCUT2D eigenvalue weighted by molar-refractivity contribution is 0.0683. The number of likely N-dealkylation sites (tertiary alicyclic amines) is 1. The van der Waals surface area contributed by atoms with Gasteiger partial charge in [-0.05, 0) is 55.5 Å². The third-order valence-electron chi connectivity index (χ3n) is 5.52. The van der Waals surface area contributed by atoms with Crippen LogP contribution in [0.5, 0.6) is 0 Å². The molecule has 1 saturated heterocycles. The summed E-state index contributed by atoms with van der Waals surface area (Å²) in [5.74, 6) is 0.597. The number of nitrogens with zero attached hydrogens (tertiary/aromatic N) is 2. The number of aryl methyl sites for hydroxylation is 1. The summed E-state index contributed by atoms with van der Waals surface area (Å²) >= 11 is 0. The molecule has 2 aromatic rings. The summed E-state index contributed by atoms with van der Waals surface area (Å²) in [6, 6.07) is 14.2. The fourth-order valence-electron chi connectivity index (χ4n) is 3.74. The standard InChI is InChI=1S/C23H30N2O3S/c1-4-25(29(27,28)22-13-7-18(2)8-14-22)17-20-9-11-21(12-10-20)23(26)24-15-5-6-19(3)16-24/h7-14,19H,4-6,15-17H2,1-3H3/t19-/m1/s1. The summed E-state index contributed by atoms with van der Waals surface area (Å²) in [5, 5.41) is 0. The van der Waals surface area contributed by atoms with Crippen molar-refractivity contribution in [1.82, 2.24) is 9.21 Å². The van der Waals surface area contributed by atoms with Gasteiger partial charge in [-0.1, -0.05) is 43.7 Å². The molecule has 0 radical (unpaired) electrons. The second-order valence-electron chi connectivity index (χ2n) is 7.94. The Balaban J connectivity index is 1.72. The van der Waals surface area contributed by atoms with Gasteiger partial charge in [-0.2, -0.15) is 4.31 Å². The predicted molar refractivity (Wildman–Crippen MR) is 115 cm³/mol. The van der Waals surface area contributed by atoms with Crippen molar-refractivity contribution in [3.63, 3.8) is 0 Å². The van der Waals surface area contributed by atoms with Gasteiger partial charge >= 0.3 is 0 Å². The predicted octanol–water partition coefficient (Wildman–Crippen LogP) is 4.08. The zero-order chi connectivity index (χ0) is 21.0. The second-order valence-corrected chi connectivity index (χ2v) is 9.88. The first-order chi connectivity index (χ1) is 13.8. The molecule has 1 heterocycles. The zero-order valence-electron chi connectivity index (χ0n) is 17.5. The minimum Gasteiger partial charge on any atom is -0.338 e. The highest BCUT2D eigenvalue weighted by atomic mass is 32.2. The molecule has 1 atom stereocenters. The lowest BCUT2D eigenvalue weighted by Gasteiger charge is -2.31. The molecule has 3 rings (SSSR count). The fourth-order valence-corrected chi connectivity index (χ4v) is 5.18. The summed E-state index contributed by atoms with van der Waals surface area (Å²) in [7, 11) is -3.56. The Morgan fingerprint density at radius 3 is 2.34 bits per heavy atom. The largest absolute Gasteiger partial charge is 0.338 e. The van der Waals surface area contributed by atoms with Crippen molar-refractivity contribution in [2.24, 2.45) is 5.92 Å². The summed E-state index contributed by atoms with van der Waals surface area (Å²) in [6.07, 6.45) is 2.22. The minimum absolute atomic E-state index is 0.0581. The number of amides is 1. The van der Waals surface area contributed by atoms with E-state index in [1.807, 2.05) is 55.1 Å². The van der Waals surface area contributed by atoms with Crippen LogP contribution in [0.15, 0.2) is 53.4 Å². The molecule has 0 aromatic heterocycles. The number of hydrogen-bond acceptors (Lipinski definition) is 3. The molecule has 1 fully saturated rings. The van der Waals surface area contributed by atoms with Gasteiger partial charge in [0, 0.05) is 31.7 Å². The fraction of sp³-hybridized carbons (Fsp3) is 0.435. The highest BCUT2D eigenvalue weighted by Crippen LogP contribution is 2.21. The maximum atomic E-state index is 13.0. The molecular weight excluding hydrogens is 384 g/mol. The third-order valence-corrected chi connectivity index (χ3v) is 7.45. The van der Waals surface area contributed by atoms with E-state index in [0.717, 1.165) is 30.6 Å². The Labute approximate surface area is 174 Å². The van der Waals surface area contributed by atoms with Gasteiger partial charge in [0.15, 0.2) is 0 Å². The summed E-state index contributed by atoms with van der Waals surface area (Å²) in [6.45, 7) is 8.21. The van der Waals surface area contributed by atoms with E-state index >= 15 is 0 Å². The van der Waals surface area contributed by atoms with Crippen LogP contribution in [-0.4, -0.2) is 43.2 Å². The normalized spacial score (nSPS) is 17.5. The summed E-state index contributed by atoms with van der Waals surface area (Å²) in [5.41, 5.74) is 2.55. The maximum Gasteiger partial charge on any atom is 0.253 e. The van der Waals surface area contributed by atoms with Crippen molar-refractivity contribution in [2.75, 3.05) is 19.6 Å². The molecule has 0 unspecified atom stereocenters. The molecule has 0 saturated carbocycles. The average Bonchev–Trinajstić information content (AvgIpc) is 2.72. The first kappa shape index (κ1) is 21.5. The van der Waals surface area contributed by atoms with Crippen LogP contribution >= 0.6 is 0 Å². The Morgan fingerprint density at radius 1 is 1.10 bits per heavy atom. The van der Waals surface area contributed by atoms with E-state index in [1.54, 1.807) is 12.1 Å². The Hall–Kier alpha value is -2.18. The molecule has 0 N–H and O–H groups in total. The molecule has 5 nitrogen and oxygen atoms in total. The minimum atomic E-state index is -3.56. The van der Waals surface area contributed by atoms with E-state index in [2.05, 4.69) is 6.92 Å². The molecule has 1 aliphatic rings. The van der Waals surface area contributed by atoms with Crippen LogP contribution < -0.4 is 0 Å². The number of carbonyl (C=O) groups excluding carboxylic acids is 1. The van der Waals surface area contributed by atoms with Gasteiger partial charge < -0.3 is 4.90 Å². The molecule has 156 valence electrons. The van der Waals surface area contributed by atoms with Gasteiger partial charge in [0.05, 0.1) is 4.90 Å². The van der Waals surface area contributed by atoms with Crippen molar-refractivity contribution < 1.29 is 13.2 Å². The maximum absolute atomic E-state index is 13.0. The molecule has 0 aliphatic carbocycles. The number of rotatable bonds is 6. The van der Waals surface area contributed by atoms with Crippen LogP contribution in [0.1, 0.15) is 48.2 Å². The topological polar surface area (TPSA) is 57.7 Å². The molecule has 29 heavy (non-hydrogen) atoms. The van der Waals surface area contributed by atoms with Crippen LogP contribution in [0, 0.1) is 12.8 Å². The van der Waals surface area contributed by atoms with Crippen molar-refractivity contribution in [1.29, 1.82) is 0 Å². The Kier molecular flexibility index (Phi) is 6.75. The van der Waals surface area contributed by atoms with E-state index in [1.165, 1.54) is 10.7 Å². The van der Waals surface area contributed by atoms with Crippen LogP contribution in [0.25, 0.3) is 0 Å². The van der Waals surface area contributed by atoms with Crippen molar-refractivity contribution in [3.8, 4) is 0 Å². The van der Waals surface area contributed by atoms with Crippen LogP contribution in [0.2, 0.25) is 0 Å². The molecular formula is C23H30N2O3S. The number of carbonyl (C=O) groups is 1. The lowest BCUT2D eigenvalue weighted by Crippen LogP contribution is -2.39. The van der Waals surface area contributed by atoms with Crippen LogP contribution in [0.3, 0.4) is 0 Å². The smallest absolute Gasteiger partial charge is 0.253 e. The van der Waals surface area contributed by atoms with Gasteiger partial charge in [0.2, 0.25) is 10.0 Å². The first-order valence-corrected chi connectivity index (χ1v) is 11.7. The van der Waals surface area contributed by atoms with Crippen molar-refractivity contribution in [3.05, 3.63) is 65.2 Å². The number of sulfonamides is 1. The van der Waals surface area contributed by atoms with E-state index in [-0.39, 0.29) is 12.5 Å². The number of hydrogen-bond donors (Lipinski definition) is 0. The third kappa shape index (κ3) is 5.06. The van der Waals surface area contributed by atoms with Gasteiger partial charge in [0.25, 0.3) is 5.91 Å². The van der Waals surface area contributed by atoms with Gasteiger partial charge in [-0.3, -0.25) is 4.79 Å². The number of benzene rings is 2. The highest BCUT2D eigenvalue weighted by molar-refractivity contribution is 7.89. The van der Waals surface area contributed by atoms with Crippen molar-refractivity contribution in [2.45, 2.75) is 45.1 Å². The van der Waals surface area contributed by atoms with Crippen LogP contribution in [0.4, 0.5) is 0 Å². The summed E-state index contributed by atoms with van der Waals surface area (Å²) < 4.78 is 27.4. The van der Waals surface area contributed by atoms with Crippen molar-refractivity contribution >= 4 is 15.9 Å². The van der Waals surface area contributed by atoms with Gasteiger partial charge in [0.1, 0.15) is 0 Å². The van der Waals surface area contributed by atoms with E-state index in [9.17, 15) is 13.2 Å². The highest BCUT2D eigenvalue weighted by Gasteiger charge is 2.24. The average molecular weight is 415 g/mol. The molecule has 6 heteroatoms. The number of piperidine rings is 1. The Bertz CT molecular complexity index is 937. The summed E-state index contributed by atoms with van der Waals surface area (Å²) in [4.78, 5) is 14.9. The molecule has 2 aromatic carbocycles. The van der Waals surface area contributed by atoms with Gasteiger partial charge in [-0.25, -0.2) is 8.42 Å². The second kappa shape index (κ2) is 9.09. The molecule has 1 amide bonds. The van der Waals surface area contributed by atoms with Gasteiger partial charge in [-0.15, -0.1) is 0 Å². The van der Waals surface area contributed by atoms with E-state index < -0.39 is 10.0 Å². The van der Waals surface area contributed by atoms with E-state index in [4.69, 9.17) is 0 Å². The zero-order valence-corrected chi connectivity index (χ0v) is 18.3. The SMILES string of the molecule is CCN(Cc1ccc(C(=O)N2CCC[C@@H](C)C2)cc1)S(=O)(=O)c1ccc(C)cc1. The molecule has 0 bridgehead atoms. The first-order valence-electron chi connectivity index (χ1n) is 10.3. The van der Waals surface area contributed by atoms with Crippen LogP contribution in [-0.2, 0) is 16.6 Å². The quantitative estimate of drug-likeness (QED) is 0.716. The monoisotopic (exact) mass is 414 g/mol. The molecule has 1 aliphatic heterocycles. The lowest BCUT2D eigenvalue weighted by atomic mass is 9.99.